The molecule has 6 rings (SSSR count). The van der Waals surface area contributed by atoms with Gasteiger partial charge in [-0.05, 0) is 97.4 Å². The maximum absolute atomic E-state index is 14.0. The second-order valence-corrected chi connectivity index (χ2v) is 19.2. The first-order valence-electron chi connectivity index (χ1n) is 23.8. The molecule has 1 unspecified atom stereocenters. The van der Waals surface area contributed by atoms with Gasteiger partial charge < -0.3 is 44.6 Å². The average Bonchev–Trinajstić information content (AvgIpc) is 3.76. The SMILES string of the molecule is CC[C@H]1OC(=O)C[C@@H](O)[C@H](C)[C@@H](O[C@@H]2O[C@H](C)[C@@H](O)[C@H](N(C)C)[C@H]2O)C(CCN(C)Cc2cn(-c3cnc4ccccc4c3)nn2)C[C@@H](C)C(=O)/C=C/C(C)=C/[C@@H]1CNCc1cccc(C)c1. The van der Waals surface area contributed by atoms with E-state index in [9.17, 15) is 24.9 Å². The lowest BCUT2D eigenvalue weighted by molar-refractivity contribution is -0.304. The zero-order valence-electron chi connectivity index (χ0n) is 40.7. The van der Waals surface area contributed by atoms with Crippen LogP contribution in [-0.2, 0) is 36.9 Å². The van der Waals surface area contributed by atoms with Gasteiger partial charge in [0.2, 0.25) is 0 Å². The van der Waals surface area contributed by atoms with Gasteiger partial charge in [0.1, 0.15) is 12.2 Å². The first-order chi connectivity index (χ1) is 32.0. The zero-order valence-corrected chi connectivity index (χ0v) is 40.7. The number of rotatable bonds is 14. The number of hydrogen-bond donors (Lipinski definition) is 4. The third-order valence-electron chi connectivity index (χ3n) is 13.4. The number of carbonyl (C=O) groups excluding carboxylic acids is 2. The minimum Gasteiger partial charge on any atom is -0.462 e. The molecule has 0 aliphatic carbocycles. The Kier molecular flexibility index (Phi) is 18.5. The van der Waals surface area contributed by atoms with Crippen molar-refractivity contribution in [2.75, 3.05) is 34.2 Å². The van der Waals surface area contributed by atoms with E-state index in [4.69, 9.17) is 14.2 Å². The number of pyridine rings is 1. The number of hydrogen-bond acceptors (Lipinski definition) is 14. The number of nitrogens with one attached hydrogen (secondary N) is 1. The van der Waals surface area contributed by atoms with Crippen molar-refractivity contribution in [3.63, 3.8) is 0 Å². The van der Waals surface area contributed by atoms with Crippen LogP contribution in [0.2, 0.25) is 0 Å². The molecule has 2 aromatic carbocycles. The molecule has 1 saturated heterocycles. The summed E-state index contributed by atoms with van der Waals surface area (Å²) in [5.74, 6) is -2.33. The highest BCUT2D eigenvalue weighted by atomic mass is 16.7. The summed E-state index contributed by atoms with van der Waals surface area (Å²) < 4.78 is 20.9. The molecule has 0 radical (unpaired) electrons. The highest BCUT2D eigenvalue weighted by molar-refractivity contribution is 5.91. The van der Waals surface area contributed by atoms with Crippen LogP contribution in [0.1, 0.15) is 77.1 Å². The first-order valence-corrected chi connectivity index (χ1v) is 23.8. The van der Waals surface area contributed by atoms with Crippen molar-refractivity contribution < 1.29 is 39.1 Å². The number of cyclic esters (lactones) is 1. The molecule has 2 aromatic heterocycles. The number of likely N-dealkylation sites (N-methyl/N-ethyl adjacent to an activating group) is 1. The highest BCUT2D eigenvalue weighted by Crippen LogP contribution is 2.35. The molecule has 12 atom stereocenters. The molecular weight excluding hydrogens is 851 g/mol. The number of benzene rings is 2. The van der Waals surface area contributed by atoms with E-state index in [1.165, 1.54) is 5.56 Å². The summed E-state index contributed by atoms with van der Waals surface area (Å²) in [5, 5.41) is 48.2. The Morgan fingerprint density at radius 3 is 2.49 bits per heavy atom. The van der Waals surface area contributed by atoms with Crippen molar-refractivity contribution >= 4 is 22.7 Å². The fourth-order valence-electron chi connectivity index (χ4n) is 9.51. The fraction of sp³-hybridized carbons (Fsp3) is 0.558. The Bertz CT molecular complexity index is 2300. The molecule has 4 aromatic rings. The van der Waals surface area contributed by atoms with E-state index in [0.717, 1.165) is 33.4 Å². The number of nitrogens with zero attached hydrogens (tertiary/aromatic N) is 6. The number of carbonyl (C=O) groups is 2. The average molecular weight is 924 g/mol. The van der Waals surface area contributed by atoms with Crippen LogP contribution >= 0.6 is 0 Å². The molecule has 0 spiro atoms. The first kappa shape index (κ1) is 51.7. The van der Waals surface area contributed by atoms with E-state index >= 15 is 0 Å². The van der Waals surface area contributed by atoms with Gasteiger partial charge in [-0.15, -0.1) is 5.10 Å². The molecule has 4 N–H and O–H groups in total. The number of aryl methyl sites for hydroxylation is 1. The number of aliphatic hydroxyl groups is 3. The molecule has 4 heterocycles. The van der Waals surface area contributed by atoms with Crippen molar-refractivity contribution in [1.29, 1.82) is 0 Å². The maximum atomic E-state index is 14.0. The Morgan fingerprint density at radius 2 is 1.75 bits per heavy atom. The minimum atomic E-state index is -1.25. The van der Waals surface area contributed by atoms with Crippen LogP contribution in [0.5, 0.6) is 0 Å². The van der Waals surface area contributed by atoms with Crippen LogP contribution in [0, 0.1) is 30.6 Å². The van der Waals surface area contributed by atoms with Crippen LogP contribution in [0.25, 0.3) is 16.6 Å². The number of aromatic nitrogens is 4. The lowest BCUT2D eigenvalue weighted by Gasteiger charge is -2.46. The summed E-state index contributed by atoms with van der Waals surface area (Å²) in [6.07, 6.45) is 3.65. The van der Waals surface area contributed by atoms with Gasteiger partial charge in [0, 0.05) is 42.8 Å². The second-order valence-electron chi connectivity index (χ2n) is 19.2. The minimum absolute atomic E-state index is 0.0593. The highest BCUT2D eigenvalue weighted by Gasteiger charge is 2.47. The van der Waals surface area contributed by atoms with E-state index < -0.39 is 66.8 Å². The van der Waals surface area contributed by atoms with Crippen molar-refractivity contribution in [2.24, 2.45) is 23.7 Å². The summed E-state index contributed by atoms with van der Waals surface area (Å²) in [5.41, 5.74) is 5.61. The summed E-state index contributed by atoms with van der Waals surface area (Å²) in [4.78, 5) is 36.4. The number of ether oxygens (including phenoxy) is 3. The molecule has 67 heavy (non-hydrogen) atoms. The Labute approximate surface area is 396 Å². The van der Waals surface area contributed by atoms with Gasteiger partial charge in [0.25, 0.3) is 0 Å². The Hall–Kier alpha value is -4.71. The Balaban J connectivity index is 1.26. The molecule has 0 amide bonds. The van der Waals surface area contributed by atoms with Gasteiger partial charge in [0.15, 0.2) is 12.1 Å². The lowest BCUT2D eigenvalue weighted by atomic mass is 9.79. The summed E-state index contributed by atoms with van der Waals surface area (Å²) >= 11 is 0. The number of para-hydroxylation sites is 1. The van der Waals surface area contributed by atoms with Gasteiger partial charge in [-0.25, -0.2) is 4.68 Å². The van der Waals surface area contributed by atoms with E-state index in [-0.39, 0.29) is 24.0 Å². The molecule has 0 saturated carbocycles. The van der Waals surface area contributed by atoms with Gasteiger partial charge >= 0.3 is 5.97 Å². The summed E-state index contributed by atoms with van der Waals surface area (Å²) in [6.45, 7) is 13.6. The molecular formula is C52H73N7O8. The van der Waals surface area contributed by atoms with E-state index in [1.54, 1.807) is 42.9 Å². The zero-order chi connectivity index (χ0) is 48.4. The largest absolute Gasteiger partial charge is 0.462 e. The third kappa shape index (κ3) is 13.9. The van der Waals surface area contributed by atoms with Crippen molar-refractivity contribution in [3.05, 3.63) is 108 Å². The monoisotopic (exact) mass is 924 g/mol. The van der Waals surface area contributed by atoms with Crippen LogP contribution in [0.15, 0.2) is 90.8 Å². The molecule has 2 aliphatic heterocycles. The van der Waals surface area contributed by atoms with Gasteiger partial charge in [-0.1, -0.05) is 91.7 Å². The van der Waals surface area contributed by atoms with Crippen LogP contribution in [0.4, 0.5) is 0 Å². The van der Waals surface area contributed by atoms with Crippen molar-refractivity contribution in [1.82, 2.24) is 35.1 Å². The number of allylic oxidation sites excluding steroid dienone is 3. The molecule has 15 nitrogen and oxygen atoms in total. The standard InChI is InChI=1S/C52H73N7O8/c1-10-46-40(28-53-27-37-15-13-14-32(2)22-37)23-33(3)18-19-44(60)34(4)24-39(20-21-58(9)30-41-31-59(56-55-41)42-25-38-16-11-12-17-43(38)54-29-42)51(35(5)45(61)26-47(62)66-46)67-52-50(64)48(57(7)8)49(63)36(6)65-52/h11-19,22-23,25,29,31,34-36,39-40,45-46,48-53,61,63-64H,10,20-21,24,26-28,30H2,1-9H3/b19-18+,33-23+/t34-,35+,36-,39?,40-,45-,46-,48+,49-,50-,51-,52+/m1/s1. The number of aliphatic hydroxyl groups excluding tert-OH is 3. The molecule has 364 valence electrons. The van der Waals surface area contributed by atoms with E-state index in [2.05, 4.69) is 56.7 Å². The van der Waals surface area contributed by atoms with Crippen LogP contribution in [0.3, 0.4) is 0 Å². The normalized spacial score (nSPS) is 30.6. The fourth-order valence-corrected chi connectivity index (χ4v) is 9.51. The van der Waals surface area contributed by atoms with Crippen LogP contribution < -0.4 is 5.32 Å². The quantitative estimate of drug-likeness (QED) is 0.115. The topological polar surface area (TPSA) is 185 Å². The lowest BCUT2D eigenvalue weighted by Crippen LogP contribution is -2.63. The van der Waals surface area contributed by atoms with Gasteiger partial charge in [0.05, 0.1) is 66.2 Å². The van der Waals surface area contributed by atoms with Crippen molar-refractivity contribution in [2.45, 2.75) is 129 Å². The number of fused-ring (bicyclic) bond motifs is 1. The number of ketones is 1. The summed E-state index contributed by atoms with van der Waals surface area (Å²) in [7, 11) is 5.54. The number of esters is 1. The van der Waals surface area contributed by atoms with Gasteiger partial charge in [-0.3, -0.25) is 14.6 Å². The molecule has 2 aliphatic rings. The van der Waals surface area contributed by atoms with Gasteiger partial charge in [-0.2, -0.15) is 0 Å². The molecule has 1 fully saturated rings. The van der Waals surface area contributed by atoms with E-state index in [0.29, 0.717) is 45.4 Å². The van der Waals surface area contributed by atoms with E-state index in [1.807, 2.05) is 83.4 Å². The third-order valence-corrected chi connectivity index (χ3v) is 13.4. The second kappa shape index (κ2) is 24.0. The summed E-state index contributed by atoms with van der Waals surface area (Å²) in [6, 6.07) is 17.5. The maximum Gasteiger partial charge on any atom is 0.308 e. The molecule has 15 heteroatoms. The smallest absolute Gasteiger partial charge is 0.308 e. The predicted octanol–water partition coefficient (Wildman–Crippen LogP) is 5.57. The van der Waals surface area contributed by atoms with Crippen LogP contribution in [-0.4, -0.2) is 140 Å². The Morgan fingerprint density at radius 1 is 0.970 bits per heavy atom. The molecule has 0 bridgehead atoms. The predicted molar refractivity (Wildman–Crippen MR) is 258 cm³/mol. The van der Waals surface area contributed by atoms with Crippen molar-refractivity contribution in [3.8, 4) is 5.69 Å².